The standard InChI is InChI=1S/C11H13NO4.C4H8O2/c1-7(13)12-8-4-5-9(11(14)16-3)10(6-8)15-2;1-2-6-4-3-5-1/h4-6H,1-3H3,(H,12,13);1-4H2. The molecule has 0 aromatic heterocycles. The molecule has 1 saturated heterocycles. The van der Waals surface area contributed by atoms with Crippen molar-refractivity contribution in [1.82, 2.24) is 0 Å². The zero-order valence-corrected chi connectivity index (χ0v) is 13.0. The number of amides is 1. The molecule has 2 rings (SSSR count). The van der Waals surface area contributed by atoms with Crippen molar-refractivity contribution >= 4 is 17.6 Å². The Morgan fingerprint density at radius 1 is 1.09 bits per heavy atom. The van der Waals surface area contributed by atoms with E-state index in [1.165, 1.54) is 27.2 Å². The Kier molecular flexibility index (Phi) is 7.95. The molecule has 7 nitrogen and oxygen atoms in total. The van der Waals surface area contributed by atoms with Gasteiger partial charge in [0.05, 0.1) is 40.6 Å². The number of hydrogen-bond donors (Lipinski definition) is 1. The zero-order chi connectivity index (χ0) is 16.4. The van der Waals surface area contributed by atoms with Gasteiger partial charge < -0.3 is 24.3 Å². The summed E-state index contributed by atoms with van der Waals surface area (Å²) in [6, 6.07) is 4.71. The number of esters is 1. The Hall–Kier alpha value is -2.12. The molecule has 1 aliphatic heterocycles. The molecule has 22 heavy (non-hydrogen) atoms. The van der Waals surface area contributed by atoms with Crippen LogP contribution in [0.2, 0.25) is 0 Å². The van der Waals surface area contributed by atoms with Gasteiger partial charge in [-0.1, -0.05) is 0 Å². The molecule has 1 N–H and O–H groups in total. The van der Waals surface area contributed by atoms with E-state index in [1.807, 2.05) is 0 Å². The number of ether oxygens (including phenoxy) is 4. The molecule has 0 saturated carbocycles. The molecule has 0 spiro atoms. The van der Waals surface area contributed by atoms with Crippen molar-refractivity contribution in [1.29, 1.82) is 0 Å². The van der Waals surface area contributed by atoms with Crippen molar-refractivity contribution in [3.63, 3.8) is 0 Å². The van der Waals surface area contributed by atoms with Gasteiger partial charge >= 0.3 is 5.97 Å². The highest BCUT2D eigenvalue weighted by Gasteiger charge is 2.13. The number of methoxy groups -OCH3 is 2. The third-order valence-corrected chi connectivity index (χ3v) is 2.67. The van der Waals surface area contributed by atoms with Crippen LogP contribution in [0.25, 0.3) is 0 Å². The summed E-state index contributed by atoms with van der Waals surface area (Å²) in [6.45, 7) is 4.51. The van der Waals surface area contributed by atoms with Gasteiger partial charge in [0, 0.05) is 18.7 Å². The first-order valence-electron chi connectivity index (χ1n) is 6.78. The number of hydrogen-bond acceptors (Lipinski definition) is 6. The van der Waals surface area contributed by atoms with E-state index < -0.39 is 5.97 Å². The van der Waals surface area contributed by atoms with Crippen LogP contribution in [0.3, 0.4) is 0 Å². The van der Waals surface area contributed by atoms with E-state index in [0.29, 0.717) is 17.0 Å². The van der Waals surface area contributed by atoms with Gasteiger partial charge in [0.2, 0.25) is 5.91 Å². The lowest BCUT2D eigenvalue weighted by Crippen LogP contribution is -2.16. The van der Waals surface area contributed by atoms with E-state index in [2.05, 4.69) is 10.1 Å². The largest absolute Gasteiger partial charge is 0.496 e. The Labute approximate surface area is 129 Å². The highest BCUT2D eigenvalue weighted by Crippen LogP contribution is 2.23. The third kappa shape index (κ3) is 6.11. The van der Waals surface area contributed by atoms with Gasteiger partial charge in [-0.3, -0.25) is 4.79 Å². The van der Waals surface area contributed by atoms with Gasteiger partial charge in [-0.15, -0.1) is 0 Å². The molecule has 0 atom stereocenters. The number of carbonyl (C=O) groups excluding carboxylic acids is 2. The first-order chi connectivity index (χ1) is 10.6. The van der Waals surface area contributed by atoms with E-state index in [1.54, 1.807) is 12.1 Å². The Morgan fingerprint density at radius 3 is 2.09 bits per heavy atom. The number of nitrogens with one attached hydrogen (secondary N) is 1. The average Bonchev–Trinajstić information content (AvgIpc) is 2.55. The van der Waals surface area contributed by atoms with E-state index in [4.69, 9.17) is 14.2 Å². The summed E-state index contributed by atoms with van der Waals surface area (Å²) in [5, 5.41) is 2.59. The smallest absolute Gasteiger partial charge is 0.341 e. The fourth-order valence-corrected chi connectivity index (χ4v) is 1.69. The molecule has 0 radical (unpaired) electrons. The summed E-state index contributed by atoms with van der Waals surface area (Å²) in [4.78, 5) is 22.2. The van der Waals surface area contributed by atoms with Crippen LogP contribution in [0.1, 0.15) is 17.3 Å². The molecule has 7 heteroatoms. The second-order valence-electron chi connectivity index (χ2n) is 4.31. The minimum Gasteiger partial charge on any atom is -0.496 e. The van der Waals surface area contributed by atoms with Crippen LogP contribution in [0.4, 0.5) is 5.69 Å². The van der Waals surface area contributed by atoms with Gasteiger partial charge in [0.1, 0.15) is 11.3 Å². The normalized spacial score (nSPS) is 13.4. The Morgan fingerprint density at radius 2 is 1.68 bits per heavy atom. The molecule has 122 valence electrons. The Bertz CT molecular complexity index is 487. The van der Waals surface area contributed by atoms with Crippen LogP contribution in [0, 0.1) is 0 Å². The second kappa shape index (κ2) is 9.75. The van der Waals surface area contributed by atoms with Crippen molar-refractivity contribution < 1.29 is 28.5 Å². The highest BCUT2D eigenvalue weighted by atomic mass is 16.6. The van der Waals surface area contributed by atoms with Gasteiger partial charge in [0.25, 0.3) is 0 Å². The number of rotatable bonds is 3. The monoisotopic (exact) mass is 311 g/mol. The lowest BCUT2D eigenvalue weighted by Gasteiger charge is -2.09. The summed E-state index contributed by atoms with van der Waals surface area (Å²) < 4.78 is 19.5. The van der Waals surface area contributed by atoms with Crippen LogP contribution < -0.4 is 10.1 Å². The first kappa shape index (κ1) is 17.9. The van der Waals surface area contributed by atoms with Gasteiger partial charge in [-0.05, 0) is 12.1 Å². The molecule has 0 unspecified atom stereocenters. The molecule has 1 aromatic rings. The second-order valence-corrected chi connectivity index (χ2v) is 4.31. The maximum absolute atomic E-state index is 11.3. The number of benzene rings is 1. The lowest BCUT2D eigenvalue weighted by molar-refractivity contribution is -0.114. The third-order valence-electron chi connectivity index (χ3n) is 2.67. The molecule has 1 aliphatic rings. The summed E-state index contributed by atoms with van der Waals surface area (Å²) in [5.74, 6) is -0.308. The fraction of sp³-hybridized carbons (Fsp3) is 0.467. The predicted molar refractivity (Wildman–Crippen MR) is 80.3 cm³/mol. The predicted octanol–water partition coefficient (Wildman–Crippen LogP) is 1.47. The molecule has 0 bridgehead atoms. The Balaban J connectivity index is 0.000000335. The van der Waals surface area contributed by atoms with E-state index in [0.717, 1.165) is 26.4 Å². The van der Waals surface area contributed by atoms with Crippen molar-refractivity contribution in [2.24, 2.45) is 0 Å². The molecular weight excluding hydrogens is 290 g/mol. The van der Waals surface area contributed by atoms with E-state index in [-0.39, 0.29) is 5.91 Å². The van der Waals surface area contributed by atoms with Gasteiger partial charge in [0.15, 0.2) is 0 Å². The quantitative estimate of drug-likeness (QED) is 0.851. The average molecular weight is 311 g/mol. The summed E-state index contributed by atoms with van der Waals surface area (Å²) >= 11 is 0. The van der Waals surface area contributed by atoms with Crippen LogP contribution in [0.5, 0.6) is 5.75 Å². The fourth-order valence-electron chi connectivity index (χ4n) is 1.69. The van der Waals surface area contributed by atoms with Gasteiger partial charge in [-0.2, -0.15) is 0 Å². The zero-order valence-electron chi connectivity index (χ0n) is 13.0. The minimum atomic E-state index is -0.480. The molecular formula is C15H21NO6. The first-order valence-corrected chi connectivity index (χ1v) is 6.78. The maximum atomic E-state index is 11.3. The SMILES string of the molecule is C1COCCO1.COC(=O)c1ccc(NC(C)=O)cc1OC. The molecule has 0 aliphatic carbocycles. The van der Waals surface area contributed by atoms with Crippen molar-refractivity contribution in [3.05, 3.63) is 23.8 Å². The minimum absolute atomic E-state index is 0.187. The maximum Gasteiger partial charge on any atom is 0.341 e. The summed E-state index contributed by atoms with van der Waals surface area (Å²) in [6.07, 6.45) is 0. The van der Waals surface area contributed by atoms with E-state index in [9.17, 15) is 9.59 Å². The molecule has 1 heterocycles. The van der Waals surface area contributed by atoms with E-state index >= 15 is 0 Å². The summed E-state index contributed by atoms with van der Waals surface area (Å²) in [5.41, 5.74) is 0.885. The van der Waals surface area contributed by atoms with Crippen molar-refractivity contribution in [2.75, 3.05) is 46.0 Å². The molecule has 1 amide bonds. The van der Waals surface area contributed by atoms with Crippen molar-refractivity contribution in [3.8, 4) is 5.75 Å². The van der Waals surface area contributed by atoms with Gasteiger partial charge in [-0.25, -0.2) is 4.79 Å². The van der Waals surface area contributed by atoms with Crippen molar-refractivity contribution in [2.45, 2.75) is 6.92 Å². The van der Waals surface area contributed by atoms with Crippen LogP contribution >= 0.6 is 0 Å². The van der Waals surface area contributed by atoms with Crippen LogP contribution in [-0.2, 0) is 19.0 Å². The number of carbonyl (C=O) groups is 2. The van der Waals surface area contributed by atoms with Crippen LogP contribution in [-0.4, -0.2) is 52.5 Å². The topological polar surface area (TPSA) is 83.1 Å². The highest BCUT2D eigenvalue weighted by molar-refractivity contribution is 5.94. The molecule has 1 aromatic carbocycles. The lowest BCUT2D eigenvalue weighted by atomic mass is 10.2. The molecule has 1 fully saturated rings. The summed E-state index contributed by atoms with van der Waals surface area (Å²) in [7, 11) is 2.74. The van der Waals surface area contributed by atoms with Crippen LogP contribution in [0.15, 0.2) is 18.2 Å². The number of anilines is 1.